The smallest absolute Gasteiger partial charge is 0.246 e. The molecule has 162 valence electrons. The molecule has 0 bridgehead atoms. The molecule has 4 rings (SSSR count). The van der Waals surface area contributed by atoms with Crippen LogP contribution in [0.4, 0.5) is 0 Å². The second kappa shape index (κ2) is 9.52. The van der Waals surface area contributed by atoms with E-state index in [-0.39, 0.29) is 12.0 Å². The quantitative estimate of drug-likeness (QED) is 0.478. The molecule has 1 amide bonds. The highest BCUT2D eigenvalue weighted by atomic mass is 32.1. The number of methoxy groups -OCH3 is 1. The van der Waals surface area contributed by atoms with Gasteiger partial charge in [-0.3, -0.25) is 4.79 Å². The molecule has 2 aromatic carbocycles. The number of para-hydroxylation sites is 1. The van der Waals surface area contributed by atoms with E-state index in [0.29, 0.717) is 17.4 Å². The van der Waals surface area contributed by atoms with Gasteiger partial charge in [0, 0.05) is 25.1 Å². The van der Waals surface area contributed by atoms with Gasteiger partial charge in [-0.25, -0.2) is 4.98 Å². The Morgan fingerprint density at radius 1 is 1.16 bits per heavy atom. The highest BCUT2D eigenvalue weighted by molar-refractivity contribution is 7.18. The molecule has 0 N–H and O–H groups in total. The molecule has 3 aromatic rings. The first-order valence-electron chi connectivity index (χ1n) is 10.7. The molecule has 0 radical (unpaired) electrons. The molecule has 0 atom stereocenters. The van der Waals surface area contributed by atoms with Crippen molar-refractivity contribution in [1.82, 2.24) is 9.88 Å². The Balaban J connectivity index is 1.36. The van der Waals surface area contributed by atoms with E-state index in [9.17, 15) is 4.79 Å². The molecule has 1 aliphatic heterocycles. The number of hydrogen-bond donors (Lipinski definition) is 0. The van der Waals surface area contributed by atoms with E-state index in [2.05, 4.69) is 18.2 Å². The zero-order valence-electron chi connectivity index (χ0n) is 18.2. The van der Waals surface area contributed by atoms with Crippen molar-refractivity contribution < 1.29 is 14.3 Å². The molecule has 1 aliphatic rings. The predicted molar refractivity (Wildman–Crippen MR) is 126 cm³/mol. The first-order chi connectivity index (χ1) is 15.0. The van der Waals surface area contributed by atoms with Crippen LogP contribution < -0.4 is 9.47 Å². The minimum absolute atomic E-state index is 0.0456. The van der Waals surface area contributed by atoms with Gasteiger partial charge in [-0.2, -0.15) is 0 Å². The number of rotatable bonds is 6. The van der Waals surface area contributed by atoms with Crippen LogP contribution in [0.25, 0.3) is 16.3 Å². The first kappa shape index (κ1) is 21.4. The monoisotopic (exact) mass is 436 g/mol. The number of likely N-dealkylation sites (tertiary alicyclic amines) is 1. The van der Waals surface area contributed by atoms with E-state index >= 15 is 0 Å². The normalized spacial score (nSPS) is 15.2. The molecule has 5 nitrogen and oxygen atoms in total. The lowest BCUT2D eigenvalue weighted by molar-refractivity contribution is -0.126. The fourth-order valence-electron chi connectivity index (χ4n) is 3.82. The summed E-state index contributed by atoms with van der Waals surface area (Å²) < 4.78 is 12.4. The average molecular weight is 437 g/mol. The molecule has 0 aliphatic carbocycles. The van der Waals surface area contributed by atoms with Crippen LogP contribution in [0, 0.1) is 0 Å². The number of hydrogen-bond acceptors (Lipinski definition) is 5. The topological polar surface area (TPSA) is 51.7 Å². The van der Waals surface area contributed by atoms with Crippen LogP contribution in [-0.4, -0.2) is 42.1 Å². The third-order valence-corrected chi connectivity index (χ3v) is 6.63. The number of aromatic nitrogens is 1. The summed E-state index contributed by atoms with van der Waals surface area (Å²) in [6.45, 7) is 5.47. The van der Waals surface area contributed by atoms with Crippen molar-refractivity contribution >= 4 is 33.5 Å². The average Bonchev–Trinajstić information content (AvgIpc) is 3.22. The Morgan fingerprint density at radius 3 is 2.65 bits per heavy atom. The molecule has 1 saturated heterocycles. The van der Waals surface area contributed by atoms with Crippen LogP contribution >= 0.6 is 11.3 Å². The summed E-state index contributed by atoms with van der Waals surface area (Å²) in [6.07, 6.45) is 5.46. The number of fused-ring (bicyclic) bond motifs is 1. The van der Waals surface area contributed by atoms with Gasteiger partial charge in [0.2, 0.25) is 5.91 Å². The van der Waals surface area contributed by atoms with Gasteiger partial charge in [0.05, 0.1) is 28.4 Å². The van der Waals surface area contributed by atoms with Crippen LogP contribution in [0.15, 0.2) is 48.5 Å². The zero-order valence-corrected chi connectivity index (χ0v) is 19.0. The molecule has 6 heteroatoms. The van der Waals surface area contributed by atoms with Crippen LogP contribution in [0.2, 0.25) is 0 Å². The van der Waals surface area contributed by atoms with Gasteiger partial charge >= 0.3 is 0 Å². The van der Waals surface area contributed by atoms with E-state index in [1.54, 1.807) is 24.5 Å². The van der Waals surface area contributed by atoms with Crippen LogP contribution in [0.1, 0.15) is 43.2 Å². The van der Waals surface area contributed by atoms with Crippen molar-refractivity contribution in [1.29, 1.82) is 0 Å². The fraction of sp³-hybridized carbons (Fsp3) is 0.360. The van der Waals surface area contributed by atoms with Crippen molar-refractivity contribution in [2.24, 2.45) is 0 Å². The minimum Gasteiger partial charge on any atom is -0.493 e. The van der Waals surface area contributed by atoms with Crippen LogP contribution in [0.5, 0.6) is 11.5 Å². The molecule has 0 saturated carbocycles. The summed E-state index contributed by atoms with van der Waals surface area (Å²) in [5.74, 6) is 1.85. The molecular weight excluding hydrogens is 408 g/mol. The Bertz CT molecular complexity index is 1050. The predicted octanol–water partition coefficient (Wildman–Crippen LogP) is 5.51. The van der Waals surface area contributed by atoms with Gasteiger partial charge in [0.1, 0.15) is 0 Å². The summed E-state index contributed by atoms with van der Waals surface area (Å²) in [4.78, 5) is 19.4. The molecule has 1 aromatic heterocycles. The number of piperidine rings is 1. The molecule has 2 heterocycles. The van der Waals surface area contributed by atoms with Crippen molar-refractivity contribution in [2.75, 3.05) is 20.2 Å². The molecule has 0 spiro atoms. The fourth-order valence-corrected chi connectivity index (χ4v) is 4.96. The van der Waals surface area contributed by atoms with Crippen molar-refractivity contribution in [3.05, 3.63) is 59.1 Å². The van der Waals surface area contributed by atoms with Gasteiger partial charge in [-0.05, 0) is 62.6 Å². The number of thiazole rings is 1. The Hall–Kier alpha value is -2.86. The first-order valence-corrected chi connectivity index (χ1v) is 11.5. The number of amides is 1. The highest BCUT2D eigenvalue weighted by Gasteiger charge is 2.25. The van der Waals surface area contributed by atoms with E-state index in [1.807, 2.05) is 49.1 Å². The lowest BCUT2D eigenvalue weighted by Crippen LogP contribution is -2.36. The van der Waals surface area contributed by atoms with Gasteiger partial charge in [0.25, 0.3) is 0 Å². The molecule has 0 unspecified atom stereocenters. The number of nitrogens with zero attached hydrogens (tertiary/aromatic N) is 2. The Kier molecular flexibility index (Phi) is 6.56. The maximum atomic E-state index is 12.7. The van der Waals surface area contributed by atoms with Crippen molar-refractivity contribution in [2.45, 2.75) is 38.7 Å². The largest absolute Gasteiger partial charge is 0.493 e. The van der Waals surface area contributed by atoms with Gasteiger partial charge in [-0.1, -0.05) is 18.2 Å². The summed E-state index contributed by atoms with van der Waals surface area (Å²) >= 11 is 1.78. The van der Waals surface area contributed by atoms with E-state index in [1.165, 1.54) is 9.71 Å². The molecule has 31 heavy (non-hydrogen) atoms. The van der Waals surface area contributed by atoms with Crippen LogP contribution in [-0.2, 0) is 4.79 Å². The number of benzene rings is 2. The van der Waals surface area contributed by atoms with Gasteiger partial charge in [0.15, 0.2) is 11.5 Å². The molecule has 1 fully saturated rings. The Morgan fingerprint density at radius 2 is 1.94 bits per heavy atom. The zero-order chi connectivity index (χ0) is 21.8. The van der Waals surface area contributed by atoms with Crippen molar-refractivity contribution in [3.63, 3.8) is 0 Å². The number of carbonyl (C=O) groups is 1. The maximum Gasteiger partial charge on any atom is 0.246 e. The van der Waals surface area contributed by atoms with Crippen molar-refractivity contribution in [3.8, 4) is 11.5 Å². The lowest BCUT2D eigenvalue weighted by atomic mass is 9.97. The van der Waals surface area contributed by atoms with E-state index in [4.69, 9.17) is 14.5 Å². The van der Waals surface area contributed by atoms with E-state index < -0.39 is 0 Å². The van der Waals surface area contributed by atoms with Gasteiger partial charge in [-0.15, -0.1) is 11.3 Å². The summed E-state index contributed by atoms with van der Waals surface area (Å²) in [5.41, 5.74) is 1.98. The Labute approximate surface area is 187 Å². The lowest BCUT2D eigenvalue weighted by Gasteiger charge is -2.30. The summed E-state index contributed by atoms with van der Waals surface area (Å²) in [5, 5.41) is 1.19. The number of ether oxygens (including phenoxy) is 2. The standard InChI is InChI=1S/C25H28N2O3S/c1-17(2)30-21-10-8-18(16-22(21)29-3)9-11-24(28)27-14-12-19(13-15-27)25-26-20-6-4-5-7-23(20)31-25/h4-11,16-17,19H,12-15H2,1-3H3. The SMILES string of the molecule is COc1cc(C=CC(=O)N2CCC(c3nc4ccccc4s3)CC2)ccc1OC(C)C. The third-order valence-electron chi connectivity index (χ3n) is 5.44. The minimum atomic E-state index is 0.0456. The molecular formula is C25H28N2O3S. The van der Waals surface area contributed by atoms with Gasteiger partial charge < -0.3 is 14.4 Å². The second-order valence-corrected chi connectivity index (χ2v) is 9.09. The summed E-state index contributed by atoms with van der Waals surface area (Å²) in [6, 6.07) is 14.0. The third kappa shape index (κ3) is 5.07. The highest BCUT2D eigenvalue weighted by Crippen LogP contribution is 2.34. The maximum absolute atomic E-state index is 12.7. The second-order valence-electron chi connectivity index (χ2n) is 8.03. The van der Waals surface area contributed by atoms with Crippen LogP contribution in [0.3, 0.4) is 0 Å². The van der Waals surface area contributed by atoms with E-state index in [0.717, 1.165) is 37.0 Å². The summed E-state index contributed by atoms with van der Waals surface area (Å²) in [7, 11) is 1.62. The number of carbonyl (C=O) groups excluding carboxylic acids is 1.